The predicted octanol–water partition coefficient (Wildman–Crippen LogP) is 1.42. The molecule has 3 heterocycles. The quantitative estimate of drug-likeness (QED) is 0.898. The number of hydrogen-bond donors (Lipinski definition) is 1. The molecule has 2 aromatic rings. The molecule has 8 nitrogen and oxygen atoms in total. The summed E-state index contributed by atoms with van der Waals surface area (Å²) in [5, 5.41) is 18.1. The maximum Gasteiger partial charge on any atom is 0.233 e. The SMILES string of the molecule is COc1cc(CN2C[C@H](O)C[C@@H]2c2nnc(C)o2)cc2c1OCO2. The lowest BCUT2D eigenvalue weighted by molar-refractivity contribution is 0.170. The van der Waals surface area contributed by atoms with Crippen LogP contribution in [0, 0.1) is 6.92 Å². The Labute approximate surface area is 138 Å². The molecule has 2 atom stereocenters. The van der Waals surface area contributed by atoms with Gasteiger partial charge >= 0.3 is 0 Å². The molecule has 0 amide bonds. The van der Waals surface area contributed by atoms with Crippen molar-refractivity contribution in [1.29, 1.82) is 0 Å². The number of likely N-dealkylation sites (tertiary alicyclic amines) is 1. The highest BCUT2D eigenvalue weighted by Gasteiger charge is 2.36. The monoisotopic (exact) mass is 333 g/mol. The fraction of sp³-hybridized carbons (Fsp3) is 0.500. The van der Waals surface area contributed by atoms with E-state index in [1.807, 2.05) is 12.1 Å². The smallest absolute Gasteiger partial charge is 0.233 e. The molecule has 0 radical (unpaired) electrons. The third-order valence-electron chi connectivity index (χ3n) is 4.31. The first-order chi connectivity index (χ1) is 11.6. The second kappa shape index (κ2) is 5.95. The van der Waals surface area contributed by atoms with Crippen LogP contribution in [-0.4, -0.2) is 46.8 Å². The van der Waals surface area contributed by atoms with Crippen LogP contribution in [0.4, 0.5) is 0 Å². The van der Waals surface area contributed by atoms with Gasteiger partial charge in [-0.2, -0.15) is 0 Å². The molecule has 1 N–H and O–H groups in total. The van der Waals surface area contributed by atoms with Crippen molar-refractivity contribution in [1.82, 2.24) is 15.1 Å². The third-order valence-corrected chi connectivity index (χ3v) is 4.31. The van der Waals surface area contributed by atoms with Gasteiger partial charge in [0.25, 0.3) is 0 Å². The normalized spacial score (nSPS) is 23.0. The summed E-state index contributed by atoms with van der Waals surface area (Å²) in [4.78, 5) is 2.12. The number of nitrogens with zero attached hydrogens (tertiary/aromatic N) is 3. The average Bonchev–Trinajstić information content (AvgIpc) is 3.26. The van der Waals surface area contributed by atoms with Crippen LogP contribution in [0.5, 0.6) is 17.2 Å². The van der Waals surface area contributed by atoms with Crippen molar-refractivity contribution in [3.05, 3.63) is 29.5 Å². The van der Waals surface area contributed by atoms with Gasteiger partial charge in [-0.1, -0.05) is 0 Å². The topological polar surface area (TPSA) is 90.1 Å². The van der Waals surface area contributed by atoms with E-state index < -0.39 is 6.10 Å². The summed E-state index contributed by atoms with van der Waals surface area (Å²) in [5.74, 6) is 3.01. The van der Waals surface area contributed by atoms with Gasteiger partial charge in [0.15, 0.2) is 11.5 Å². The molecule has 128 valence electrons. The lowest BCUT2D eigenvalue weighted by Crippen LogP contribution is -2.24. The van der Waals surface area contributed by atoms with Gasteiger partial charge in [-0.05, 0) is 24.1 Å². The number of ether oxygens (including phenoxy) is 3. The summed E-state index contributed by atoms with van der Waals surface area (Å²) < 4.78 is 21.8. The number of benzene rings is 1. The van der Waals surface area contributed by atoms with E-state index in [0.29, 0.717) is 48.5 Å². The first-order valence-corrected chi connectivity index (χ1v) is 7.82. The maximum atomic E-state index is 10.1. The number of aliphatic hydroxyl groups excluding tert-OH is 1. The molecule has 1 saturated heterocycles. The van der Waals surface area contributed by atoms with Crippen molar-refractivity contribution in [2.45, 2.75) is 32.0 Å². The largest absolute Gasteiger partial charge is 0.493 e. The fourth-order valence-electron chi connectivity index (χ4n) is 3.27. The van der Waals surface area contributed by atoms with Gasteiger partial charge in [-0.25, -0.2) is 0 Å². The minimum atomic E-state index is -0.418. The Hall–Kier alpha value is -2.32. The van der Waals surface area contributed by atoms with Crippen molar-refractivity contribution in [2.24, 2.45) is 0 Å². The van der Waals surface area contributed by atoms with Crippen LogP contribution in [-0.2, 0) is 6.54 Å². The Bertz CT molecular complexity index is 747. The predicted molar refractivity (Wildman–Crippen MR) is 81.9 cm³/mol. The van der Waals surface area contributed by atoms with Crippen LogP contribution in [0.3, 0.4) is 0 Å². The molecule has 0 spiro atoms. The summed E-state index contributed by atoms with van der Waals surface area (Å²) in [7, 11) is 1.60. The highest BCUT2D eigenvalue weighted by atomic mass is 16.7. The van der Waals surface area contributed by atoms with E-state index >= 15 is 0 Å². The zero-order valence-corrected chi connectivity index (χ0v) is 13.6. The fourth-order valence-corrected chi connectivity index (χ4v) is 3.27. The molecule has 0 saturated carbocycles. The summed E-state index contributed by atoms with van der Waals surface area (Å²) in [6.45, 7) is 3.11. The van der Waals surface area contributed by atoms with Gasteiger partial charge in [-0.3, -0.25) is 4.90 Å². The molecule has 0 bridgehead atoms. The molecule has 0 unspecified atom stereocenters. The number of aliphatic hydroxyl groups is 1. The standard InChI is InChI=1S/C16H19N3O5/c1-9-17-18-16(24-9)12-5-11(20)7-19(12)6-10-3-13(21-2)15-14(4-10)22-8-23-15/h3-4,11-12,20H,5-8H2,1-2H3/t11-,12-/m1/s1. The first kappa shape index (κ1) is 15.2. The second-order valence-corrected chi connectivity index (χ2v) is 6.03. The van der Waals surface area contributed by atoms with E-state index in [1.54, 1.807) is 14.0 Å². The van der Waals surface area contributed by atoms with Gasteiger partial charge in [0.1, 0.15) is 0 Å². The number of methoxy groups -OCH3 is 1. The zero-order valence-electron chi connectivity index (χ0n) is 13.6. The molecular weight excluding hydrogens is 314 g/mol. The van der Waals surface area contributed by atoms with E-state index in [2.05, 4.69) is 15.1 Å². The van der Waals surface area contributed by atoms with Crippen LogP contribution in [0.1, 0.15) is 29.8 Å². The Morgan fingerprint density at radius 1 is 1.33 bits per heavy atom. The lowest BCUT2D eigenvalue weighted by Gasteiger charge is -2.21. The van der Waals surface area contributed by atoms with Gasteiger partial charge in [0.2, 0.25) is 24.3 Å². The summed E-state index contributed by atoms with van der Waals surface area (Å²) in [6.07, 6.45) is 0.154. The molecule has 8 heteroatoms. The van der Waals surface area contributed by atoms with Gasteiger partial charge in [-0.15, -0.1) is 10.2 Å². The second-order valence-electron chi connectivity index (χ2n) is 6.03. The van der Waals surface area contributed by atoms with Crippen molar-refractivity contribution in [3.8, 4) is 17.2 Å². The number of aromatic nitrogens is 2. The number of β-amino-alcohol motifs (C(OH)–C–C–N with tert-alkyl or cyclic N) is 1. The lowest BCUT2D eigenvalue weighted by atomic mass is 10.1. The van der Waals surface area contributed by atoms with Gasteiger partial charge in [0, 0.05) is 20.0 Å². The Morgan fingerprint density at radius 3 is 2.96 bits per heavy atom. The molecule has 0 aliphatic carbocycles. The summed E-state index contributed by atoms with van der Waals surface area (Å²) in [5.41, 5.74) is 1.01. The van der Waals surface area contributed by atoms with Gasteiger partial charge < -0.3 is 23.7 Å². The number of fused-ring (bicyclic) bond motifs is 1. The van der Waals surface area contributed by atoms with E-state index in [9.17, 15) is 5.11 Å². The maximum absolute atomic E-state index is 10.1. The summed E-state index contributed by atoms with van der Waals surface area (Å²) >= 11 is 0. The molecule has 1 aromatic heterocycles. The molecule has 2 aliphatic rings. The van der Waals surface area contributed by atoms with E-state index in [0.717, 1.165) is 5.56 Å². The van der Waals surface area contributed by atoms with E-state index in [-0.39, 0.29) is 12.8 Å². The average molecular weight is 333 g/mol. The Balaban J connectivity index is 1.59. The number of aryl methyl sites for hydroxylation is 1. The Kier molecular flexibility index (Phi) is 3.78. The highest BCUT2D eigenvalue weighted by molar-refractivity contribution is 5.55. The van der Waals surface area contributed by atoms with Crippen molar-refractivity contribution in [3.63, 3.8) is 0 Å². The van der Waals surface area contributed by atoms with E-state index in [4.69, 9.17) is 18.6 Å². The van der Waals surface area contributed by atoms with Crippen LogP contribution < -0.4 is 14.2 Å². The van der Waals surface area contributed by atoms with Crippen molar-refractivity contribution in [2.75, 3.05) is 20.4 Å². The number of rotatable bonds is 4. The highest BCUT2D eigenvalue weighted by Crippen LogP contribution is 2.43. The van der Waals surface area contributed by atoms with Crippen LogP contribution >= 0.6 is 0 Å². The van der Waals surface area contributed by atoms with Crippen LogP contribution in [0.15, 0.2) is 16.5 Å². The first-order valence-electron chi connectivity index (χ1n) is 7.82. The zero-order chi connectivity index (χ0) is 16.7. The van der Waals surface area contributed by atoms with E-state index in [1.165, 1.54) is 0 Å². The van der Waals surface area contributed by atoms with Crippen LogP contribution in [0.2, 0.25) is 0 Å². The van der Waals surface area contributed by atoms with Gasteiger partial charge in [0.05, 0.1) is 19.3 Å². The number of hydrogen-bond acceptors (Lipinski definition) is 8. The molecular formula is C16H19N3O5. The third kappa shape index (κ3) is 2.67. The minimum absolute atomic E-state index is 0.0994. The van der Waals surface area contributed by atoms with Crippen molar-refractivity contribution >= 4 is 0 Å². The molecule has 1 aromatic carbocycles. The minimum Gasteiger partial charge on any atom is -0.493 e. The molecule has 1 fully saturated rings. The van der Waals surface area contributed by atoms with Crippen LogP contribution in [0.25, 0.3) is 0 Å². The van der Waals surface area contributed by atoms with Crippen molar-refractivity contribution < 1.29 is 23.7 Å². The Morgan fingerprint density at radius 2 is 2.21 bits per heavy atom. The molecule has 4 rings (SSSR count). The molecule has 24 heavy (non-hydrogen) atoms. The summed E-state index contributed by atoms with van der Waals surface area (Å²) in [6, 6.07) is 3.76. The molecule has 2 aliphatic heterocycles.